The molecule has 0 aliphatic carbocycles. The van der Waals surface area contributed by atoms with Gasteiger partial charge in [0, 0.05) is 17.5 Å². The number of nitrogens with zero attached hydrogens (tertiary/aromatic N) is 1. The molecule has 0 radical (unpaired) electrons. The average molecular weight is 384 g/mol. The zero-order valence-corrected chi connectivity index (χ0v) is 15.2. The van der Waals surface area contributed by atoms with Gasteiger partial charge in [0.25, 0.3) is 0 Å². The fraction of sp³-hybridized carbons (Fsp3) is 0.176. The van der Waals surface area contributed by atoms with E-state index in [2.05, 4.69) is 11.6 Å². The summed E-state index contributed by atoms with van der Waals surface area (Å²) in [5.41, 5.74) is 1.11. The molecule has 0 bridgehead atoms. The molecular formula is C17H15Cl2NO3S. The van der Waals surface area contributed by atoms with Gasteiger partial charge in [0.15, 0.2) is 17.6 Å². The molecule has 0 amide bonds. The van der Waals surface area contributed by atoms with Gasteiger partial charge in [0.05, 0.1) is 15.7 Å². The number of phenols is 1. The first-order valence-corrected chi connectivity index (χ1v) is 8.75. The lowest BCUT2D eigenvalue weighted by Crippen LogP contribution is -2.21. The van der Waals surface area contributed by atoms with Crippen molar-refractivity contribution in [3.8, 4) is 22.8 Å². The molecule has 1 aromatic heterocycles. The van der Waals surface area contributed by atoms with E-state index in [1.165, 1.54) is 12.3 Å². The van der Waals surface area contributed by atoms with Gasteiger partial charge in [-0.2, -0.15) is 0 Å². The average Bonchev–Trinajstić information content (AvgIpc) is 2.54. The molecule has 0 fully saturated rings. The number of ether oxygens (including phenoxy) is 1. The van der Waals surface area contributed by atoms with E-state index in [0.717, 1.165) is 11.8 Å². The van der Waals surface area contributed by atoms with Crippen molar-refractivity contribution in [3.05, 3.63) is 53.2 Å². The molecule has 1 atom stereocenters. The van der Waals surface area contributed by atoms with Crippen LogP contribution in [0.4, 0.5) is 0 Å². The predicted octanol–water partition coefficient (Wildman–Crippen LogP) is 4.97. The predicted molar refractivity (Wildman–Crippen MR) is 99.1 cm³/mol. The molecule has 7 heteroatoms. The number of carbonyl (C=O) groups excluding carboxylic acids is 1. The molecule has 126 valence electrons. The molecule has 1 aromatic carbocycles. The van der Waals surface area contributed by atoms with Crippen LogP contribution in [0.1, 0.15) is 6.92 Å². The van der Waals surface area contributed by atoms with Crippen LogP contribution in [0.15, 0.2) is 43.1 Å². The number of carbonyl (C=O) groups is 1. The van der Waals surface area contributed by atoms with Crippen molar-refractivity contribution in [2.24, 2.45) is 0 Å². The number of aromatic hydroxyl groups is 1. The second-order valence-corrected chi connectivity index (χ2v) is 6.71. The molecule has 0 saturated heterocycles. The molecule has 0 aliphatic rings. The highest BCUT2D eigenvalue weighted by Gasteiger charge is 2.17. The molecule has 1 heterocycles. The van der Waals surface area contributed by atoms with Crippen molar-refractivity contribution in [3.63, 3.8) is 0 Å². The maximum atomic E-state index is 11.9. The van der Waals surface area contributed by atoms with E-state index >= 15 is 0 Å². The third kappa shape index (κ3) is 4.66. The Hall–Kier alpha value is -1.69. The number of pyridine rings is 1. The van der Waals surface area contributed by atoms with Crippen LogP contribution in [0, 0.1) is 0 Å². The molecule has 2 aromatic rings. The van der Waals surface area contributed by atoms with Crippen LogP contribution < -0.4 is 4.74 Å². The van der Waals surface area contributed by atoms with Crippen LogP contribution in [0.2, 0.25) is 10.0 Å². The Morgan fingerprint density at radius 1 is 1.46 bits per heavy atom. The monoisotopic (exact) mass is 383 g/mol. The van der Waals surface area contributed by atoms with Crippen LogP contribution in [0.25, 0.3) is 11.3 Å². The summed E-state index contributed by atoms with van der Waals surface area (Å²) in [6.45, 7) is 5.19. The van der Waals surface area contributed by atoms with Crippen LogP contribution in [-0.4, -0.2) is 27.1 Å². The summed E-state index contributed by atoms with van der Waals surface area (Å²) >= 11 is 13.1. The number of thioether (sulfide) groups is 1. The Morgan fingerprint density at radius 2 is 2.21 bits per heavy atom. The number of phenolic OH excluding ortho intramolecular Hbond substituents is 1. The minimum Gasteiger partial charge on any atom is -0.504 e. The molecular weight excluding hydrogens is 369 g/mol. The number of benzene rings is 1. The molecule has 4 nitrogen and oxygen atoms in total. The van der Waals surface area contributed by atoms with Crippen molar-refractivity contribution < 1.29 is 14.6 Å². The van der Waals surface area contributed by atoms with Gasteiger partial charge in [0.1, 0.15) is 0 Å². The minimum atomic E-state index is -0.691. The minimum absolute atomic E-state index is 0.103. The zero-order valence-electron chi connectivity index (χ0n) is 12.8. The SMILES string of the molecule is C=CCSC(=O)C(C)Oc1ccc(-c2ncc(Cl)cc2Cl)cc1O. The molecule has 0 aliphatic heterocycles. The van der Waals surface area contributed by atoms with Gasteiger partial charge in [-0.1, -0.05) is 41.0 Å². The summed E-state index contributed by atoms with van der Waals surface area (Å²) < 4.78 is 5.52. The number of rotatable bonds is 6. The maximum absolute atomic E-state index is 11.9. The van der Waals surface area contributed by atoms with E-state index < -0.39 is 6.10 Å². The van der Waals surface area contributed by atoms with E-state index in [1.807, 2.05) is 0 Å². The summed E-state index contributed by atoms with van der Waals surface area (Å²) in [4.78, 5) is 16.0. The molecule has 1 unspecified atom stereocenters. The first kappa shape index (κ1) is 18.6. The van der Waals surface area contributed by atoms with Gasteiger partial charge < -0.3 is 9.84 Å². The van der Waals surface area contributed by atoms with Crippen LogP contribution in [-0.2, 0) is 4.79 Å². The largest absolute Gasteiger partial charge is 0.504 e. The lowest BCUT2D eigenvalue weighted by Gasteiger charge is -2.14. The summed E-state index contributed by atoms with van der Waals surface area (Å²) in [5.74, 6) is 0.621. The Kier molecular flexibility index (Phi) is 6.54. The normalized spacial score (nSPS) is 11.8. The van der Waals surface area contributed by atoms with E-state index in [0.29, 0.717) is 27.1 Å². The fourth-order valence-corrected chi connectivity index (χ4v) is 2.94. The quantitative estimate of drug-likeness (QED) is 0.713. The fourth-order valence-electron chi connectivity index (χ4n) is 1.89. The second kappa shape index (κ2) is 8.42. The van der Waals surface area contributed by atoms with Crippen LogP contribution >= 0.6 is 35.0 Å². The summed E-state index contributed by atoms with van der Waals surface area (Å²) in [7, 11) is 0. The Labute approximate surface area is 154 Å². The Morgan fingerprint density at radius 3 is 2.83 bits per heavy atom. The Bertz CT molecular complexity index is 767. The zero-order chi connectivity index (χ0) is 17.7. The van der Waals surface area contributed by atoms with Crippen LogP contribution in [0.3, 0.4) is 0 Å². The van der Waals surface area contributed by atoms with E-state index in [9.17, 15) is 9.90 Å². The van der Waals surface area contributed by atoms with Crippen molar-refractivity contribution in [1.82, 2.24) is 4.98 Å². The summed E-state index contributed by atoms with van der Waals surface area (Å²) in [5, 5.41) is 10.8. The van der Waals surface area contributed by atoms with Crippen molar-refractivity contribution in [1.29, 1.82) is 0 Å². The third-order valence-corrected chi connectivity index (χ3v) is 4.53. The standard InChI is InChI=1S/C17H15Cl2NO3S/c1-3-6-24-17(22)10(2)23-15-5-4-11(7-14(15)21)16-13(19)8-12(18)9-20-16/h3-5,7-10,21H,1,6H2,2H3. The highest BCUT2D eigenvalue weighted by Crippen LogP contribution is 2.35. The van der Waals surface area contributed by atoms with E-state index in [4.69, 9.17) is 27.9 Å². The number of hydrogen-bond donors (Lipinski definition) is 1. The van der Waals surface area contributed by atoms with E-state index in [1.54, 1.807) is 31.2 Å². The van der Waals surface area contributed by atoms with Gasteiger partial charge in [-0.15, -0.1) is 6.58 Å². The van der Waals surface area contributed by atoms with Gasteiger partial charge >= 0.3 is 0 Å². The molecule has 0 saturated carbocycles. The van der Waals surface area contributed by atoms with Crippen molar-refractivity contribution >= 4 is 40.1 Å². The second-order valence-electron chi connectivity index (χ2n) is 4.85. The van der Waals surface area contributed by atoms with Crippen LogP contribution in [0.5, 0.6) is 11.5 Å². The summed E-state index contributed by atoms with van der Waals surface area (Å²) in [6.07, 6.45) is 2.43. The van der Waals surface area contributed by atoms with E-state index in [-0.39, 0.29) is 16.6 Å². The first-order chi connectivity index (χ1) is 11.4. The number of aromatic nitrogens is 1. The summed E-state index contributed by atoms with van der Waals surface area (Å²) in [6, 6.07) is 6.32. The number of hydrogen-bond acceptors (Lipinski definition) is 5. The lowest BCUT2D eigenvalue weighted by atomic mass is 10.1. The third-order valence-electron chi connectivity index (χ3n) is 3.02. The van der Waals surface area contributed by atoms with Gasteiger partial charge in [-0.3, -0.25) is 9.78 Å². The molecule has 1 N–H and O–H groups in total. The Balaban J connectivity index is 2.17. The molecule has 24 heavy (non-hydrogen) atoms. The first-order valence-electron chi connectivity index (χ1n) is 7.01. The topological polar surface area (TPSA) is 59.4 Å². The molecule has 0 spiro atoms. The maximum Gasteiger partial charge on any atom is 0.229 e. The van der Waals surface area contributed by atoms with Gasteiger partial charge in [0.2, 0.25) is 5.12 Å². The lowest BCUT2D eigenvalue weighted by molar-refractivity contribution is -0.116. The highest BCUT2D eigenvalue weighted by molar-refractivity contribution is 8.13. The van der Waals surface area contributed by atoms with Gasteiger partial charge in [-0.05, 0) is 31.2 Å². The van der Waals surface area contributed by atoms with Gasteiger partial charge in [-0.25, -0.2) is 0 Å². The van der Waals surface area contributed by atoms with Crippen molar-refractivity contribution in [2.75, 3.05) is 5.75 Å². The number of halogens is 2. The molecule has 2 rings (SSSR count). The smallest absolute Gasteiger partial charge is 0.229 e. The van der Waals surface area contributed by atoms with Crippen molar-refractivity contribution in [2.45, 2.75) is 13.0 Å². The highest BCUT2D eigenvalue weighted by atomic mass is 35.5.